The van der Waals surface area contributed by atoms with E-state index in [4.69, 9.17) is 0 Å². The standard InChI is InChI=1S/C24H19N3O2/c28-22(24-25-14-15-26-24)13-12-17-8-10-18(11-9-17)16-23(29)27-21-7-3-5-19-4-1-2-6-20(19)21/h1-15H,16H2,(H,25,26)(H,27,29). The molecule has 0 fully saturated rings. The molecule has 0 unspecified atom stereocenters. The highest BCUT2D eigenvalue weighted by Gasteiger charge is 2.07. The molecule has 0 bridgehead atoms. The number of anilines is 1. The van der Waals surface area contributed by atoms with E-state index in [9.17, 15) is 9.59 Å². The van der Waals surface area contributed by atoms with Crippen LogP contribution >= 0.6 is 0 Å². The van der Waals surface area contributed by atoms with Crippen LogP contribution in [0.2, 0.25) is 0 Å². The molecule has 0 aliphatic rings. The zero-order valence-corrected chi connectivity index (χ0v) is 15.6. The number of ketones is 1. The lowest BCUT2D eigenvalue weighted by molar-refractivity contribution is -0.115. The van der Waals surface area contributed by atoms with Crippen molar-refractivity contribution in [3.63, 3.8) is 0 Å². The van der Waals surface area contributed by atoms with E-state index < -0.39 is 0 Å². The van der Waals surface area contributed by atoms with Crippen molar-refractivity contribution in [2.75, 3.05) is 5.32 Å². The summed E-state index contributed by atoms with van der Waals surface area (Å²) in [5, 5.41) is 5.10. The van der Waals surface area contributed by atoms with E-state index in [1.807, 2.05) is 66.7 Å². The van der Waals surface area contributed by atoms with Crippen molar-refractivity contribution >= 4 is 34.2 Å². The monoisotopic (exact) mass is 381 g/mol. The first-order chi connectivity index (χ1) is 14.2. The molecule has 4 aromatic rings. The summed E-state index contributed by atoms with van der Waals surface area (Å²) in [5.74, 6) is 0.0501. The molecule has 142 valence electrons. The fraction of sp³-hybridized carbons (Fsp3) is 0.0417. The smallest absolute Gasteiger partial charge is 0.228 e. The van der Waals surface area contributed by atoms with Crippen LogP contribution < -0.4 is 5.32 Å². The van der Waals surface area contributed by atoms with Crippen LogP contribution in [0.25, 0.3) is 16.8 Å². The van der Waals surface area contributed by atoms with E-state index in [1.165, 1.54) is 6.08 Å². The molecule has 29 heavy (non-hydrogen) atoms. The maximum Gasteiger partial charge on any atom is 0.228 e. The minimum absolute atomic E-state index is 0.0716. The molecule has 5 nitrogen and oxygen atoms in total. The van der Waals surface area contributed by atoms with Gasteiger partial charge >= 0.3 is 0 Å². The van der Waals surface area contributed by atoms with Gasteiger partial charge in [0.2, 0.25) is 11.7 Å². The van der Waals surface area contributed by atoms with E-state index in [2.05, 4.69) is 15.3 Å². The molecule has 1 amide bonds. The van der Waals surface area contributed by atoms with Crippen LogP contribution in [0, 0.1) is 0 Å². The molecular weight excluding hydrogens is 362 g/mol. The van der Waals surface area contributed by atoms with Gasteiger partial charge in [-0.05, 0) is 28.7 Å². The molecule has 0 saturated heterocycles. The third-order valence-electron chi connectivity index (χ3n) is 4.57. The Morgan fingerprint density at radius 3 is 2.55 bits per heavy atom. The highest BCUT2D eigenvalue weighted by molar-refractivity contribution is 6.04. The van der Waals surface area contributed by atoms with Crippen molar-refractivity contribution in [1.82, 2.24) is 9.97 Å². The van der Waals surface area contributed by atoms with E-state index >= 15 is 0 Å². The highest BCUT2D eigenvalue weighted by atomic mass is 16.1. The molecule has 2 N–H and O–H groups in total. The lowest BCUT2D eigenvalue weighted by Crippen LogP contribution is -2.14. The number of H-pyrrole nitrogens is 1. The van der Waals surface area contributed by atoms with Gasteiger partial charge in [-0.2, -0.15) is 0 Å². The highest BCUT2D eigenvalue weighted by Crippen LogP contribution is 2.23. The van der Waals surface area contributed by atoms with Crippen LogP contribution in [0.3, 0.4) is 0 Å². The summed E-state index contributed by atoms with van der Waals surface area (Å²) < 4.78 is 0. The summed E-state index contributed by atoms with van der Waals surface area (Å²) in [5.41, 5.74) is 2.59. The predicted molar refractivity (Wildman–Crippen MR) is 115 cm³/mol. The Balaban J connectivity index is 1.39. The second-order valence-corrected chi connectivity index (χ2v) is 6.63. The number of hydrogen-bond donors (Lipinski definition) is 2. The van der Waals surface area contributed by atoms with Gasteiger partial charge in [0.25, 0.3) is 0 Å². The molecular formula is C24H19N3O2. The molecule has 5 heteroatoms. The Labute approximate surface area is 168 Å². The zero-order valence-electron chi connectivity index (χ0n) is 15.6. The van der Waals surface area contributed by atoms with Crippen LogP contribution in [-0.2, 0) is 11.2 Å². The van der Waals surface area contributed by atoms with Crippen molar-refractivity contribution < 1.29 is 9.59 Å². The Morgan fingerprint density at radius 1 is 0.966 bits per heavy atom. The van der Waals surface area contributed by atoms with E-state index in [1.54, 1.807) is 18.5 Å². The average molecular weight is 381 g/mol. The summed E-state index contributed by atoms with van der Waals surface area (Å²) in [7, 11) is 0. The SMILES string of the molecule is O=C(Cc1ccc(C=CC(=O)c2ncc[nH]2)cc1)Nc1cccc2ccccc12. The van der Waals surface area contributed by atoms with Crippen LogP contribution in [0.1, 0.15) is 21.7 Å². The van der Waals surface area contributed by atoms with E-state index in [-0.39, 0.29) is 18.1 Å². The summed E-state index contributed by atoms with van der Waals surface area (Å²) in [6.07, 6.45) is 6.63. The fourth-order valence-corrected chi connectivity index (χ4v) is 3.11. The number of fused-ring (bicyclic) bond motifs is 1. The first-order valence-corrected chi connectivity index (χ1v) is 9.27. The first kappa shape index (κ1) is 18.4. The van der Waals surface area contributed by atoms with Gasteiger partial charge in [0, 0.05) is 23.5 Å². The second-order valence-electron chi connectivity index (χ2n) is 6.63. The first-order valence-electron chi connectivity index (χ1n) is 9.27. The van der Waals surface area contributed by atoms with Crippen LogP contribution in [0.15, 0.2) is 85.2 Å². The maximum atomic E-state index is 12.5. The normalized spacial score (nSPS) is 11.0. The number of hydrogen-bond acceptors (Lipinski definition) is 3. The number of carbonyl (C=O) groups excluding carboxylic acids is 2. The topological polar surface area (TPSA) is 74.8 Å². The molecule has 3 aromatic carbocycles. The molecule has 0 aliphatic heterocycles. The summed E-state index contributed by atoms with van der Waals surface area (Å²) in [6, 6.07) is 21.4. The van der Waals surface area contributed by atoms with Gasteiger partial charge in [0.05, 0.1) is 6.42 Å². The Kier molecular flexibility index (Phi) is 5.29. The minimum Gasteiger partial charge on any atom is -0.342 e. The zero-order chi connectivity index (χ0) is 20.1. The van der Waals surface area contributed by atoms with Gasteiger partial charge in [0.1, 0.15) is 0 Å². The molecule has 0 aliphatic carbocycles. The van der Waals surface area contributed by atoms with Gasteiger partial charge in [-0.3, -0.25) is 9.59 Å². The number of nitrogens with zero attached hydrogens (tertiary/aromatic N) is 1. The third kappa shape index (κ3) is 4.47. The molecule has 0 atom stereocenters. The van der Waals surface area contributed by atoms with Gasteiger partial charge < -0.3 is 10.3 Å². The van der Waals surface area contributed by atoms with E-state index in [0.717, 1.165) is 27.6 Å². The van der Waals surface area contributed by atoms with Gasteiger partial charge in [0.15, 0.2) is 5.82 Å². The number of nitrogens with one attached hydrogen (secondary N) is 2. The Morgan fingerprint density at radius 2 is 1.76 bits per heavy atom. The molecule has 0 spiro atoms. The molecule has 1 aromatic heterocycles. The number of aromatic amines is 1. The van der Waals surface area contributed by atoms with Crippen LogP contribution in [-0.4, -0.2) is 21.7 Å². The van der Waals surface area contributed by atoms with Gasteiger partial charge in [-0.25, -0.2) is 4.98 Å². The Hall–Kier alpha value is -3.99. The van der Waals surface area contributed by atoms with Crippen molar-refractivity contribution in [3.05, 3.63) is 102 Å². The lowest BCUT2D eigenvalue weighted by Gasteiger charge is -2.09. The number of rotatable bonds is 6. The molecule has 0 saturated carbocycles. The number of aromatic nitrogens is 2. The number of amides is 1. The largest absolute Gasteiger partial charge is 0.342 e. The van der Waals surface area contributed by atoms with Gasteiger partial charge in [-0.1, -0.05) is 66.7 Å². The van der Waals surface area contributed by atoms with E-state index in [0.29, 0.717) is 5.82 Å². The van der Waals surface area contributed by atoms with Crippen LogP contribution in [0.5, 0.6) is 0 Å². The summed E-state index contributed by atoms with van der Waals surface area (Å²) >= 11 is 0. The quantitative estimate of drug-likeness (QED) is 0.377. The van der Waals surface area contributed by atoms with Crippen molar-refractivity contribution in [3.8, 4) is 0 Å². The molecule has 4 rings (SSSR count). The summed E-state index contributed by atoms with van der Waals surface area (Å²) in [4.78, 5) is 31.1. The Bertz CT molecular complexity index is 1170. The average Bonchev–Trinajstić information content (AvgIpc) is 3.28. The maximum absolute atomic E-state index is 12.5. The third-order valence-corrected chi connectivity index (χ3v) is 4.57. The number of allylic oxidation sites excluding steroid dienone is 1. The van der Waals surface area contributed by atoms with Crippen molar-refractivity contribution in [1.29, 1.82) is 0 Å². The molecule has 0 radical (unpaired) electrons. The fourth-order valence-electron chi connectivity index (χ4n) is 3.11. The van der Waals surface area contributed by atoms with Gasteiger partial charge in [-0.15, -0.1) is 0 Å². The predicted octanol–water partition coefficient (Wildman–Crippen LogP) is 4.64. The van der Waals surface area contributed by atoms with Crippen molar-refractivity contribution in [2.24, 2.45) is 0 Å². The number of carbonyl (C=O) groups is 2. The number of imidazole rings is 1. The second kappa shape index (κ2) is 8.35. The number of benzene rings is 3. The molecule has 1 heterocycles. The summed E-state index contributed by atoms with van der Waals surface area (Å²) in [6.45, 7) is 0. The van der Waals surface area contributed by atoms with Crippen LogP contribution in [0.4, 0.5) is 5.69 Å². The lowest BCUT2D eigenvalue weighted by atomic mass is 10.1. The minimum atomic E-state index is -0.187. The van der Waals surface area contributed by atoms with Crippen molar-refractivity contribution in [2.45, 2.75) is 6.42 Å².